The van der Waals surface area contributed by atoms with Gasteiger partial charge in [-0.15, -0.1) is 0 Å². The average Bonchev–Trinajstić information content (AvgIpc) is 2.76. The van der Waals surface area contributed by atoms with Crippen molar-refractivity contribution in [2.24, 2.45) is 5.14 Å². The predicted molar refractivity (Wildman–Crippen MR) is 87.1 cm³/mol. The molecule has 26 heavy (non-hydrogen) atoms. The van der Waals surface area contributed by atoms with Gasteiger partial charge in [0.05, 0.1) is 18.0 Å². The molecule has 1 fully saturated rings. The van der Waals surface area contributed by atoms with E-state index in [1.165, 1.54) is 25.3 Å². The van der Waals surface area contributed by atoms with E-state index in [2.05, 4.69) is 5.32 Å². The van der Waals surface area contributed by atoms with Crippen molar-refractivity contribution >= 4 is 39.5 Å². The van der Waals surface area contributed by atoms with Crippen LogP contribution in [-0.2, 0) is 29.1 Å². The van der Waals surface area contributed by atoms with E-state index >= 15 is 0 Å². The van der Waals surface area contributed by atoms with Crippen molar-refractivity contribution in [2.75, 3.05) is 32.1 Å². The molecule has 1 aliphatic heterocycles. The molecule has 1 heterocycles. The normalized spacial score (nSPS) is 14.9. The van der Waals surface area contributed by atoms with Gasteiger partial charge in [0.1, 0.15) is 6.54 Å². The summed E-state index contributed by atoms with van der Waals surface area (Å²) in [6.45, 7) is -0.772. The third kappa shape index (κ3) is 4.22. The maximum atomic E-state index is 12.1. The number of hydrogen-bond acceptors (Lipinski definition) is 7. The number of amides is 5. The summed E-state index contributed by atoms with van der Waals surface area (Å²) in [6, 6.07) is 4.20. The first-order valence-electron chi connectivity index (χ1n) is 7.24. The molecule has 0 atom stereocenters. The van der Waals surface area contributed by atoms with E-state index in [4.69, 9.17) is 9.88 Å². The molecular weight excluding hydrogens is 368 g/mol. The fourth-order valence-electron chi connectivity index (χ4n) is 2.16. The second kappa shape index (κ2) is 7.59. The Morgan fingerprint density at radius 3 is 2.46 bits per heavy atom. The van der Waals surface area contributed by atoms with Gasteiger partial charge in [-0.3, -0.25) is 19.3 Å². The Bertz CT molecular complexity index is 868. The van der Waals surface area contributed by atoms with E-state index < -0.39 is 40.3 Å². The molecule has 0 unspecified atom stereocenters. The SMILES string of the molecule is COCCN1C(=O)C(=O)N(CC(=O)Nc2cccc(S(N)(=O)=O)c2)C1=O. The molecule has 0 bridgehead atoms. The maximum absolute atomic E-state index is 12.1. The molecule has 1 aromatic carbocycles. The number of urea groups is 1. The fourth-order valence-corrected chi connectivity index (χ4v) is 2.72. The lowest BCUT2D eigenvalue weighted by Crippen LogP contribution is -2.39. The largest absolute Gasteiger partial charge is 0.383 e. The van der Waals surface area contributed by atoms with Crippen LogP contribution >= 0.6 is 0 Å². The summed E-state index contributed by atoms with van der Waals surface area (Å²) in [5, 5.41) is 7.34. The number of methoxy groups -OCH3 is 1. The zero-order valence-corrected chi connectivity index (χ0v) is 14.5. The Hall–Kier alpha value is -2.83. The van der Waals surface area contributed by atoms with Gasteiger partial charge in [-0.2, -0.15) is 0 Å². The van der Waals surface area contributed by atoms with Gasteiger partial charge < -0.3 is 10.1 Å². The molecular formula is C14H16N4O7S. The predicted octanol–water partition coefficient (Wildman–Crippen LogP) is -1.29. The number of carbonyl (C=O) groups excluding carboxylic acids is 4. The Morgan fingerprint density at radius 2 is 1.85 bits per heavy atom. The van der Waals surface area contributed by atoms with E-state index in [-0.39, 0.29) is 23.7 Å². The van der Waals surface area contributed by atoms with Crippen molar-refractivity contribution in [3.8, 4) is 0 Å². The summed E-state index contributed by atoms with van der Waals surface area (Å²) in [4.78, 5) is 48.7. The molecule has 0 aromatic heterocycles. The Labute approximate surface area is 148 Å². The van der Waals surface area contributed by atoms with Crippen LogP contribution in [-0.4, -0.2) is 68.8 Å². The Kier molecular flexibility index (Phi) is 5.69. The lowest BCUT2D eigenvalue weighted by atomic mass is 10.3. The lowest BCUT2D eigenvalue weighted by Gasteiger charge is -2.15. The van der Waals surface area contributed by atoms with Crippen LogP contribution < -0.4 is 10.5 Å². The highest BCUT2D eigenvalue weighted by Crippen LogP contribution is 2.15. The molecule has 0 radical (unpaired) electrons. The number of carbonyl (C=O) groups is 4. The maximum Gasteiger partial charge on any atom is 0.334 e. The van der Waals surface area contributed by atoms with Crippen molar-refractivity contribution in [1.29, 1.82) is 0 Å². The number of hydrogen-bond donors (Lipinski definition) is 2. The number of anilines is 1. The minimum atomic E-state index is -3.96. The van der Waals surface area contributed by atoms with Crippen LogP contribution in [0, 0.1) is 0 Å². The van der Waals surface area contributed by atoms with Crippen molar-refractivity contribution in [2.45, 2.75) is 4.90 Å². The van der Waals surface area contributed by atoms with Crippen molar-refractivity contribution in [1.82, 2.24) is 9.80 Å². The molecule has 3 N–H and O–H groups in total. The first kappa shape index (κ1) is 19.5. The van der Waals surface area contributed by atoms with Gasteiger partial charge in [0, 0.05) is 12.8 Å². The fraction of sp³-hybridized carbons (Fsp3) is 0.286. The third-order valence-corrected chi connectivity index (χ3v) is 4.31. The highest BCUT2D eigenvalue weighted by molar-refractivity contribution is 7.89. The summed E-state index contributed by atoms with van der Waals surface area (Å²) < 4.78 is 27.4. The van der Waals surface area contributed by atoms with E-state index in [0.29, 0.717) is 9.80 Å². The average molecular weight is 384 g/mol. The molecule has 1 aromatic rings. The monoisotopic (exact) mass is 384 g/mol. The van der Waals surface area contributed by atoms with Crippen molar-refractivity contribution in [3.63, 3.8) is 0 Å². The minimum absolute atomic E-state index is 0.0468. The highest BCUT2D eigenvalue weighted by atomic mass is 32.2. The molecule has 0 spiro atoms. The van der Waals surface area contributed by atoms with Gasteiger partial charge in [-0.05, 0) is 18.2 Å². The molecule has 0 aliphatic carbocycles. The Morgan fingerprint density at radius 1 is 1.19 bits per heavy atom. The van der Waals surface area contributed by atoms with Gasteiger partial charge in [-0.25, -0.2) is 23.3 Å². The number of nitrogens with one attached hydrogen (secondary N) is 1. The number of imide groups is 2. The van der Waals surface area contributed by atoms with Crippen LogP contribution in [0.3, 0.4) is 0 Å². The van der Waals surface area contributed by atoms with Crippen LogP contribution in [0.25, 0.3) is 0 Å². The van der Waals surface area contributed by atoms with Crippen LogP contribution in [0.15, 0.2) is 29.2 Å². The summed E-state index contributed by atoms with van der Waals surface area (Å²) in [5.74, 6) is -2.96. The molecule has 1 saturated heterocycles. The number of nitrogens with zero attached hydrogens (tertiary/aromatic N) is 2. The van der Waals surface area contributed by atoms with E-state index in [0.717, 1.165) is 6.07 Å². The second-order valence-corrected chi connectivity index (χ2v) is 6.81. The van der Waals surface area contributed by atoms with Gasteiger partial charge in [-0.1, -0.05) is 6.07 Å². The second-order valence-electron chi connectivity index (χ2n) is 5.24. The van der Waals surface area contributed by atoms with Gasteiger partial charge in [0.2, 0.25) is 15.9 Å². The first-order chi connectivity index (χ1) is 12.1. The summed E-state index contributed by atoms with van der Waals surface area (Å²) >= 11 is 0. The number of benzene rings is 1. The topological polar surface area (TPSA) is 156 Å². The van der Waals surface area contributed by atoms with Gasteiger partial charge >= 0.3 is 17.8 Å². The summed E-state index contributed by atoms with van der Waals surface area (Å²) in [5.41, 5.74) is 0.100. The van der Waals surface area contributed by atoms with Crippen LogP contribution in [0.4, 0.5) is 10.5 Å². The number of primary sulfonamides is 1. The first-order valence-corrected chi connectivity index (χ1v) is 8.78. The number of rotatable bonds is 7. The van der Waals surface area contributed by atoms with E-state index in [1.54, 1.807) is 0 Å². The minimum Gasteiger partial charge on any atom is -0.383 e. The van der Waals surface area contributed by atoms with Crippen LogP contribution in [0.1, 0.15) is 0 Å². The zero-order chi connectivity index (χ0) is 19.5. The molecule has 12 heteroatoms. The van der Waals surface area contributed by atoms with Crippen LogP contribution in [0.5, 0.6) is 0 Å². The molecule has 11 nitrogen and oxygen atoms in total. The van der Waals surface area contributed by atoms with Gasteiger partial charge in [0.25, 0.3) is 0 Å². The molecule has 2 rings (SSSR count). The number of sulfonamides is 1. The Balaban J connectivity index is 2.07. The lowest BCUT2D eigenvalue weighted by molar-refractivity contribution is -0.143. The molecule has 0 saturated carbocycles. The smallest absolute Gasteiger partial charge is 0.334 e. The van der Waals surface area contributed by atoms with Gasteiger partial charge in [0.15, 0.2) is 0 Å². The van der Waals surface area contributed by atoms with Crippen molar-refractivity contribution in [3.05, 3.63) is 24.3 Å². The standard InChI is InChI=1S/C14H16N4O7S/c1-25-6-5-17-12(20)13(21)18(14(17)22)8-11(19)16-9-3-2-4-10(7-9)26(15,23)24/h2-4,7H,5-6,8H2,1H3,(H,16,19)(H2,15,23,24). The number of nitrogens with two attached hydrogens (primary N) is 1. The molecule has 140 valence electrons. The van der Waals surface area contributed by atoms with Crippen LogP contribution in [0.2, 0.25) is 0 Å². The third-order valence-electron chi connectivity index (χ3n) is 3.40. The summed E-state index contributed by atoms with van der Waals surface area (Å²) in [7, 11) is -2.59. The van der Waals surface area contributed by atoms with Crippen molar-refractivity contribution < 1.29 is 32.3 Å². The summed E-state index contributed by atoms with van der Waals surface area (Å²) in [6.07, 6.45) is 0. The molecule has 5 amide bonds. The molecule has 1 aliphatic rings. The van der Waals surface area contributed by atoms with E-state index in [1.807, 2.05) is 0 Å². The van der Waals surface area contributed by atoms with E-state index in [9.17, 15) is 27.6 Å². The number of ether oxygens (including phenoxy) is 1. The quantitative estimate of drug-likeness (QED) is 0.437. The highest BCUT2D eigenvalue weighted by Gasteiger charge is 2.44. The zero-order valence-electron chi connectivity index (χ0n) is 13.7.